The average molecular weight is 536 g/mol. The Morgan fingerprint density at radius 2 is 1.51 bits per heavy atom. The maximum absolute atomic E-state index is 13.0. The second-order valence-corrected chi connectivity index (χ2v) is 11.5. The zero-order valence-corrected chi connectivity index (χ0v) is 21.0. The molecular formula is C23H22ClN3O6S2. The minimum Gasteiger partial charge on any atom is -0.495 e. The van der Waals surface area contributed by atoms with Gasteiger partial charge >= 0.3 is 0 Å². The fraction of sp³-hybridized carbons (Fsp3) is 0.174. The van der Waals surface area contributed by atoms with E-state index in [1.807, 2.05) is 0 Å². The Hall–Kier alpha value is -3.28. The van der Waals surface area contributed by atoms with Gasteiger partial charge in [-0.25, -0.2) is 16.8 Å². The second kappa shape index (κ2) is 9.76. The molecule has 0 bridgehead atoms. The van der Waals surface area contributed by atoms with E-state index >= 15 is 0 Å². The number of nitrogens with zero attached hydrogens (tertiary/aromatic N) is 1. The van der Waals surface area contributed by atoms with Gasteiger partial charge in [0.15, 0.2) is 0 Å². The van der Waals surface area contributed by atoms with Gasteiger partial charge in [-0.3, -0.25) is 14.2 Å². The molecule has 0 radical (unpaired) electrons. The molecule has 3 aromatic carbocycles. The average Bonchev–Trinajstić information content (AvgIpc) is 3.24. The monoisotopic (exact) mass is 535 g/mol. The first-order valence-electron chi connectivity index (χ1n) is 10.5. The topological polar surface area (TPSA) is 122 Å². The highest BCUT2D eigenvalue weighted by molar-refractivity contribution is 7.93. The number of amides is 1. The Labute approximate surface area is 208 Å². The van der Waals surface area contributed by atoms with Crippen molar-refractivity contribution in [2.45, 2.75) is 22.6 Å². The Kier molecular flexibility index (Phi) is 6.93. The molecule has 0 unspecified atom stereocenters. The first kappa shape index (κ1) is 24.8. The number of halogens is 1. The number of methoxy groups -OCH3 is 1. The minimum atomic E-state index is -4.03. The Morgan fingerprint density at radius 1 is 0.857 bits per heavy atom. The molecule has 184 valence electrons. The molecule has 9 nitrogen and oxygen atoms in total. The van der Waals surface area contributed by atoms with E-state index in [0.717, 1.165) is 0 Å². The van der Waals surface area contributed by atoms with Crippen LogP contribution < -0.4 is 19.1 Å². The van der Waals surface area contributed by atoms with Crippen molar-refractivity contribution in [2.24, 2.45) is 0 Å². The summed E-state index contributed by atoms with van der Waals surface area (Å²) in [6.07, 6.45) is 1.07. The smallest absolute Gasteiger partial charge is 0.261 e. The molecule has 0 aliphatic carbocycles. The van der Waals surface area contributed by atoms with Gasteiger partial charge in [-0.2, -0.15) is 0 Å². The summed E-state index contributed by atoms with van der Waals surface area (Å²) in [7, 11) is -6.49. The lowest BCUT2D eigenvalue weighted by Crippen LogP contribution is -2.25. The van der Waals surface area contributed by atoms with Crippen molar-refractivity contribution < 1.29 is 26.4 Å². The van der Waals surface area contributed by atoms with Gasteiger partial charge in [0, 0.05) is 23.7 Å². The van der Waals surface area contributed by atoms with Crippen molar-refractivity contribution in [3.8, 4) is 5.75 Å². The molecule has 1 saturated heterocycles. The largest absolute Gasteiger partial charge is 0.495 e. The van der Waals surface area contributed by atoms with E-state index < -0.39 is 20.0 Å². The summed E-state index contributed by atoms with van der Waals surface area (Å²) >= 11 is 5.90. The number of benzene rings is 3. The number of hydrogen-bond acceptors (Lipinski definition) is 6. The molecule has 0 atom stereocenters. The number of carbonyl (C=O) groups excluding carboxylic acids is 1. The van der Waals surface area contributed by atoms with Gasteiger partial charge in [-0.05, 0) is 67.1 Å². The fourth-order valence-corrected chi connectivity index (χ4v) is 5.95. The quantitative estimate of drug-likeness (QED) is 0.448. The summed E-state index contributed by atoms with van der Waals surface area (Å²) in [5, 5.41) is 0.380. The Balaban J connectivity index is 1.55. The van der Waals surface area contributed by atoms with Crippen molar-refractivity contribution in [2.75, 3.05) is 28.0 Å². The van der Waals surface area contributed by atoms with Crippen molar-refractivity contribution in [1.82, 2.24) is 0 Å². The van der Waals surface area contributed by atoms with Crippen LogP contribution in [-0.4, -0.2) is 36.4 Å². The zero-order valence-electron chi connectivity index (χ0n) is 18.6. The predicted octanol–water partition coefficient (Wildman–Crippen LogP) is 4.08. The molecule has 0 spiro atoms. The molecule has 1 fully saturated rings. The van der Waals surface area contributed by atoms with E-state index in [2.05, 4.69) is 9.44 Å². The number of ether oxygens (including phenoxy) is 1. The molecule has 1 aliphatic heterocycles. The minimum absolute atomic E-state index is 0.0558. The lowest BCUT2D eigenvalue weighted by Gasteiger charge is -2.20. The van der Waals surface area contributed by atoms with Crippen LogP contribution in [0.25, 0.3) is 0 Å². The molecule has 35 heavy (non-hydrogen) atoms. The van der Waals surface area contributed by atoms with Crippen LogP contribution in [0.4, 0.5) is 17.1 Å². The van der Waals surface area contributed by atoms with Gasteiger partial charge in [-0.1, -0.05) is 17.7 Å². The summed E-state index contributed by atoms with van der Waals surface area (Å²) < 4.78 is 61.5. The van der Waals surface area contributed by atoms with Crippen LogP contribution in [0.5, 0.6) is 5.75 Å². The summed E-state index contributed by atoms with van der Waals surface area (Å²) in [6, 6.07) is 15.8. The third kappa shape index (κ3) is 5.53. The SMILES string of the molecule is COc1ccc(S(=O)(=O)Nc2ccc(S(=O)(=O)Nc3cccc(Cl)c3)cc2)cc1N1CCCC1=O. The van der Waals surface area contributed by atoms with Crippen LogP contribution in [-0.2, 0) is 24.8 Å². The highest BCUT2D eigenvalue weighted by Crippen LogP contribution is 2.34. The zero-order chi connectivity index (χ0) is 25.2. The van der Waals surface area contributed by atoms with Crippen LogP contribution in [0.3, 0.4) is 0 Å². The second-order valence-electron chi connectivity index (χ2n) is 7.73. The van der Waals surface area contributed by atoms with E-state index in [1.54, 1.807) is 18.2 Å². The number of sulfonamides is 2. The van der Waals surface area contributed by atoms with E-state index in [4.69, 9.17) is 16.3 Å². The fourth-order valence-electron chi connectivity index (χ4n) is 3.63. The lowest BCUT2D eigenvalue weighted by atomic mass is 10.2. The lowest BCUT2D eigenvalue weighted by molar-refractivity contribution is -0.117. The van der Waals surface area contributed by atoms with Crippen LogP contribution in [0.15, 0.2) is 76.5 Å². The van der Waals surface area contributed by atoms with Crippen molar-refractivity contribution in [3.05, 3.63) is 71.8 Å². The number of hydrogen-bond donors (Lipinski definition) is 2. The molecule has 2 N–H and O–H groups in total. The van der Waals surface area contributed by atoms with E-state index in [-0.39, 0.29) is 21.4 Å². The summed E-state index contributed by atoms with van der Waals surface area (Å²) in [5.74, 6) is 0.287. The van der Waals surface area contributed by atoms with E-state index in [0.29, 0.717) is 41.5 Å². The normalized spacial score (nSPS) is 14.1. The summed E-state index contributed by atoms with van der Waals surface area (Å²) in [4.78, 5) is 13.6. The van der Waals surface area contributed by atoms with Gasteiger partial charge in [0.1, 0.15) is 5.75 Å². The van der Waals surface area contributed by atoms with Crippen molar-refractivity contribution in [3.63, 3.8) is 0 Å². The van der Waals surface area contributed by atoms with Gasteiger partial charge < -0.3 is 9.64 Å². The maximum Gasteiger partial charge on any atom is 0.261 e. The van der Waals surface area contributed by atoms with Gasteiger partial charge in [-0.15, -0.1) is 0 Å². The maximum atomic E-state index is 13.0. The number of nitrogens with one attached hydrogen (secondary N) is 2. The van der Waals surface area contributed by atoms with Crippen molar-refractivity contribution in [1.29, 1.82) is 0 Å². The van der Waals surface area contributed by atoms with Crippen LogP contribution >= 0.6 is 11.6 Å². The predicted molar refractivity (Wildman–Crippen MR) is 134 cm³/mol. The molecule has 1 aliphatic rings. The molecular weight excluding hydrogens is 514 g/mol. The Morgan fingerprint density at radius 3 is 2.14 bits per heavy atom. The van der Waals surface area contributed by atoms with Crippen LogP contribution in [0.2, 0.25) is 5.02 Å². The van der Waals surface area contributed by atoms with Gasteiger partial charge in [0.2, 0.25) is 5.91 Å². The molecule has 0 saturated carbocycles. The molecule has 4 rings (SSSR count). The highest BCUT2D eigenvalue weighted by Gasteiger charge is 2.27. The Bertz CT molecular complexity index is 1480. The number of rotatable bonds is 8. The summed E-state index contributed by atoms with van der Waals surface area (Å²) in [5.41, 5.74) is 0.849. The van der Waals surface area contributed by atoms with Gasteiger partial charge in [0.25, 0.3) is 20.0 Å². The number of anilines is 3. The first-order chi connectivity index (χ1) is 16.6. The third-order valence-electron chi connectivity index (χ3n) is 5.32. The van der Waals surface area contributed by atoms with Crippen molar-refractivity contribution >= 4 is 54.6 Å². The number of carbonyl (C=O) groups is 1. The van der Waals surface area contributed by atoms with Crippen LogP contribution in [0.1, 0.15) is 12.8 Å². The van der Waals surface area contributed by atoms with E-state index in [9.17, 15) is 21.6 Å². The molecule has 1 heterocycles. The third-order valence-corrected chi connectivity index (χ3v) is 8.33. The standard InChI is InChI=1S/C23H22ClN3O6S2/c1-33-22-12-11-20(15-21(22)27-13-3-6-23(27)28)35(31,32)25-17-7-9-19(10-8-17)34(29,30)26-18-5-2-4-16(24)14-18/h2,4-5,7-12,14-15,25-26H,3,6,13H2,1H3. The highest BCUT2D eigenvalue weighted by atomic mass is 35.5. The van der Waals surface area contributed by atoms with Gasteiger partial charge in [0.05, 0.1) is 28.3 Å². The van der Waals surface area contributed by atoms with E-state index in [1.165, 1.54) is 60.5 Å². The molecule has 12 heteroatoms. The molecule has 1 amide bonds. The summed E-state index contributed by atoms with van der Waals surface area (Å²) in [6.45, 7) is 0.477. The molecule has 3 aromatic rings. The first-order valence-corrected chi connectivity index (χ1v) is 13.8. The molecule has 0 aromatic heterocycles. The van der Waals surface area contributed by atoms with Crippen LogP contribution in [0, 0.1) is 0 Å².